The third kappa shape index (κ3) is 6.75. The maximum atomic E-state index is 11.7. The number of aromatic nitrogens is 2. The van der Waals surface area contributed by atoms with E-state index in [1.165, 1.54) is 16.3 Å². The molecule has 0 aliphatic rings. The van der Waals surface area contributed by atoms with Crippen LogP contribution in [0.15, 0.2) is 110 Å². The smallest absolute Gasteiger partial charge is 0.143 e. The van der Waals surface area contributed by atoms with Crippen molar-refractivity contribution in [3.8, 4) is 5.75 Å². The number of benzene rings is 4. The predicted octanol–water partition coefficient (Wildman–Crippen LogP) is 7.67. The average Bonchev–Trinajstić information content (AvgIpc) is 3.47. The second-order valence-corrected chi connectivity index (χ2v) is 10.7. The number of hydrogen-bond donors (Lipinski definition) is 2. The number of nitrogens with one attached hydrogen (secondary N) is 1. The van der Waals surface area contributed by atoms with E-state index in [0.717, 1.165) is 12.1 Å². The minimum absolute atomic E-state index is 0.00229. The minimum atomic E-state index is -1.40. The molecule has 1 aromatic heterocycles. The van der Waals surface area contributed by atoms with Gasteiger partial charge in [-0.2, -0.15) is 0 Å². The molecule has 5 nitrogen and oxygen atoms in total. The molecule has 40 heavy (non-hydrogen) atoms. The molecule has 5 rings (SSSR count). The number of hydrogen-bond acceptors (Lipinski definition) is 4. The molecule has 0 bridgehead atoms. The lowest BCUT2D eigenvalue weighted by Gasteiger charge is -2.30. The Morgan fingerprint density at radius 3 is 2.60 bits per heavy atom. The van der Waals surface area contributed by atoms with Crippen LogP contribution in [-0.4, -0.2) is 27.8 Å². The number of ether oxygens (including phenoxy) is 1. The number of nitrogens with zero attached hydrogens (tertiary/aromatic N) is 2. The van der Waals surface area contributed by atoms with E-state index in [1.807, 2.05) is 24.3 Å². The summed E-state index contributed by atoms with van der Waals surface area (Å²) in [5.41, 5.74) is 1.49. The third-order valence-electron chi connectivity index (χ3n) is 6.94. The first kappa shape index (κ1) is 27.9. The molecule has 0 radical (unpaired) electrons. The fourth-order valence-corrected chi connectivity index (χ4v) is 5.40. The van der Waals surface area contributed by atoms with Crippen molar-refractivity contribution in [2.45, 2.75) is 25.1 Å². The Labute approximate surface area is 244 Å². The van der Waals surface area contributed by atoms with E-state index in [2.05, 4.69) is 71.8 Å². The molecule has 0 spiro atoms. The largest absolute Gasteiger partial charge is 0.490 e. The van der Waals surface area contributed by atoms with Crippen LogP contribution in [-0.2, 0) is 12.1 Å². The number of rotatable bonds is 11. The van der Waals surface area contributed by atoms with Crippen LogP contribution in [0, 0.1) is 0 Å². The predicted molar refractivity (Wildman–Crippen MR) is 164 cm³/mol. The highest BCUT2D eigenvalue weighted by Gasteiger charge is 2.33. The molecule has 2 N–H and O–H groups in total. The molecule has 1 heterocycles. The van der Waals surface area contributed by atoms with E-state index in [4.69, 9.17) is 27.9 Å². The molecular formula is C33H31Cl2N3O2. The van der Waals surface area contributed by atoms with Crippen LogP contribution in [0.5, 0.6) is 5.75 Å². The van der Waals surface area contributed by atoms with Gasteiger partial charge >= 0.3 is 0 Å². The second-order valence-electron chi connectivity index (χ2n) is 9.85. The van der Waals surface area contributed by atoms with Crippen molar-refractivity contribution in [2.75, 3.05) is 13.2 Å². The van der Waals surface area contributed by atoms with Crippen molar-refractivity contribution in [3.63, 3.8) is 0 Å². The van der Waals surface area contributed by atoms with Gasteiger partial charge in [-0.1, -0.05) is 96.0 Å². The Morgan fingerprint density at radius 1 is 1.02 bits per heavy atom. The molecule has 5 aromatic rings. The molecule has 0 amide bonds. The standard InChI is InChI=1S/C33H31Cl2N3O2/c1-24(29-10-4-8-26-7-2-3-9-30(26)29)37-17-5-6-25-11-14-28(15-12-25)40-22-33(39,21-38-19-18-36-23-38)31-16-13-27(34)20-32(31)35/h2-16,18-20,23-24,37,39H,17,21-22H2,1H3. The van der Waals surface area contributed by atoms with E-state index in [1.54, 1.807) is 41.5 Å². The normalized spacial score (nSPS) is 13.9. The quantitative estimate of drug-likeness (QED) is 0.171. The zero-order chi connectivity index (χ0) is 28.0. The lowest BCUT2D eigenvalue weighted by Crippen LogP contribution is -2.38. The molecule has 2 atom stereocenters. The van der Waals surface area contributed by atoms with Crippen LogP contribution < -0.4 is 10.1 Å². The summed E-state index contributed by atoms with van der Waals surface area (Å²) in [6, 6.07) is 28.0. The SMILES string of the molecule is CC(NCC=Cc1ccc(OCC(O)(Cn2ccnc2)c2ccc(Cl)cc2Cl)cc1)c1cccc2ccccc12. The van der Waals surface area contributed by atoms with Gasteiger partial charge in [0.05, 0.1) is 12.9 Å². The minimum Gasteiger partial charge on any atom is -0.490 e. The summed E-state index contributed by atoms with van der Waals surface area (Å²) in [5, 5.41) is 18.6. The van der Waals surface area contributed by atoms with E-state index < -0.39 is 5.60 Å². The molecule has 0 fully saturated rings. The molecule has 2 unspecified atom stereocenters. The van der Waals surface area contributed by atoms with E-state index in [9.17, 15) is 5.11 Å². The number of aliphatic hydroxyl groups is 1. The van der Waals surface area contributed by atoms with Crippen molar-refractivity contribution >= 4 is 40.1 Å². The highest BCUT2D eigenvalue weighted by Crippen LogP contribution is 2.33. The van der Waals surface area contributed by atoms with Gasteiger partial charge < -0.3 is 19.7 Å². The van der Waals surface area contributed by atoms with Gasteiger partial charge in [0.2, 0.25) is 0 Å². The molecular weight excluding hydrogens is 541 g/mol. The average molecular weight is 573 g/mol. The van der Waals surface area contributed by atoms with Gasteiger partial charge in [0, 0.05) is 40.6 Å². The zero-order valence-corrected chi connectivity index (χ0v) is 23.7. The molecule has 204 valence electrons. The van der Waals surface area contributed by atoms with Gasteiger partial charge in [-0.15, -0.1) is 0 Å². The second kappa shape index (κ2) is 12.7. The zero-order valence-electron chi connectivity index (χ0n) is 22.2. The van der Waals surface area contributed by atoms with E-state index in [0.29, 0.717) is 21.4 Å². The van der Waals surface area contributed by atoms with Crippen LogP contribution in [0.3, 0.4) is 0 Å². The van der Waals surface area contributed by atoms with Gasteiger partial charge in [-0.3, -0.25) is 0 Å². The van der Waals surface area contributed by atoms with Crippen molar-refractivity contribution in [1.82, 2.24) is 14.9 Å². The summed E-state index contributed by atoms with van der Waals surface area (Å²) in [4.78, 5) is 4.08. The van der Waals surface area contributed by atoms with Crippen molar-refractivity contribution in [2.24, 2.45) is 0 Å². The highest BCUT2D eigenvalue weighted by atomic mass is 35.5. The molecule has 0 saturated heterocycles. The monoisotopic (exact) mass is 571 g/mol. The summed E-state index contributed by atoms with van der Waals surface area (Å²) in [6.07, 6.45) is 9.29. The highest BCUT2D eigenvalue weighted by molar-refractivity contribution is 6.35. The lowest BCUT2D eigenvalue weighted by molar-refractivity contribution is -0.0242. The number of imidazole rings is 1. The fourth-order valence-electron chi connectivity index (χ4n) is 4.81. The van der Waals surface area contributed by atoms with Gasteiger partial charge in [0.1, 0.15) is 18.0 Å². The first-order chi connectivity index (χ1) is 19.4. The molecule has 0 saturated carbocycles. The van der Waals surface area contributed by atoms with Crippen molar-refractivity contribution in [1.29, 1.82) is 0 Å². The van der Waals surface area contributed by atoms with Crippen molar-refractivity contribution < 1.29 is 9.84 Å². The summed E-state index contributed by atoms with van der Waals surface area (Å²) in [7, 11) is 0. The number of fused-ring (bicyclic) bond motifs is 1. The van der Waals surface area contributed by atoms with Gasteiger partial charge in [0.15, 0.2) is 0 Å². The van der Waals surface area contributed by atoms with Gasteiger partial charge in [-0.05, 0) is 53.1 Å². The topological polar surface area (TPSA) is 59.3 Å². The molecule has 7 heteroatoms. The van der Waals surface area contributed by atoms with Gasteiger partial charge in [-0.25, -0.2) is 4.98 Å². The van der Waals surface area contributed by atoms with E-state index >= 15 is 0 Å². The van der Waals surface area contributed by atoms with Crippen LogP contribution in [0.2, 0.25) is 10.0 Å². The fraction of sp³-hybridized carbons (Fsp3) is 0.182. The Balaban J connectivity index is 1.19. The Bertz CT molecular complexity index is 1580. The van der Waals surface area contributed by atoms with Gasteiger partial charge in [0.25, 0.3) is 0 Å². The summed E-state index contributed by atoms with van der Waals surface area (Å²) in [5.74, 6) is 0.647. The summed E-state index contributed by atoms with van der Waals surface area (Å²) < 4.78 is 7.83. The summed E-state index contributed by atoms with van der Waals surface area (Å²) in [6.45, 7) is 3.15. The van der Waals surface area contributed by atoms with Crippen LogP contribution >= 0.6 is 23.2 Å². The van der Waals surface area contributed by atoms with Crippen LogP contribution in [0.4, 0.5) is 0 Å². The molecule has 4 aromatic carbocycles. The summed E-state index contributed by atoms with van der Waals surface area (Å²) >= 11 is 12.5. The Kier molecular flexibility index (Phi) is 8.88. The van der Waals surface area contributed by atoms with Crippen LogP contribution in [0.1, 0.15) is 29.7 Å². The maximum Gasteiger partial charge on any atom is 0.143 e. The maximum absolute atomic E-state index is 11.7. The Morgan fingerprint density at radius 2 is 1.82 bits per heavy atom. The molecule has 0 aliphatic carbocycles. The first-order valence-corrected chi connectivity index (χ1v) is 13.9. The number of halogens is 2. The molecule has 0 aliphatic heterocycles. The lowest BCUT2D eigenvalue weighted by atomic mass is 9.94. The first-order valence-electron chi connectivity index (χ1n) is 13.2. The Hall–Kier alpha value is -3.61. The van der Waals surface area contributed by atoms with E-state index in [-0.39, 0.29) is 19.2 Å². The van der Waals surface area contributed by atoms with Crippen molar-refractivity contribution in [3.05, 3.63) is 136 Å². The van der Waals surface area contributed by atoms with Crippen LogP contribution in [0.25, 0.3) is 16.8 Å². The third-order valence-corrected chi connectivity index (χ3v) is 7.48.